The number of rotatable bonds is 5. The van der Waals surface area contributed by atoms with E-state index in [9.17, 15) is 9.59 Å². The number of amides is 1. The number of anilines is 1. The number of hydrogen-bond donors (Lipinski definition) is 2. The molecule has 0 saturated heterocycles. The van der Waals surface area contributed by atoms with Crippen molar-refractivity contribution in [3.8, 4) is 11.4 Å². The first kappa shape index (κ1) is 21.1. The molecule has 3 rings (SSSR count). The number of para-hydroxylation sites is 1. The molecular formula is C22H22N4O3S. The molecule has 0 atom stereocenters. The van der Waals surface area contributed by atoms with Gasteiger partial charge in [-0.2, -0.15) is 0 Å². The lowest BCUT2D eigenvalue weighted by atomic mass is 10.2. The van der Waals surface area contributed by atoms with E-state index in [1.165, 1.54) is 10.8 Å². The molecule has 154 valence electrons. The Kier molecular flexibility index (Phi) is 6.48. The Labute approximate surface area is 179 Å². The zero-order chi connectivity index (χ0) is 21.7. The van der Waals surface area contributed by atoms with Crippen molar-refractivity contribution in [2.45, 2.75) is 6.92 Å². The van der Waals surface area contributed by atoms with Gasteiger partial charge in [0.2, 0.25) is 5.91 Å². The quantitative estimate of drug-likeness (QED) is 0.488. The van der Waals surface area contributed by atoms with Gasteiger partial charge < -0.3 is 10.1 Å². The van der Waals surface area contributed by atoms with Gasteiger partial charge in [-0.25, -0.2) is 4.68 Å². The van der Waals surface area contributed by atoms with Crippen molar-refractivity contribution < 1.29 is 9.53 Å². The second-order valence-electron chi connectivity index (χ2n) is 6.49. The van der Waals surface area contributed by atoms with Gasteiger partial charge in [0, 0.05) is 13.1 Å². The fourth-order valence-electron chi connectivity index (χ4n) is 2.90. The van der Waals surface area contributed by atoms with Crippen molar-refractivity contribution >= 4 is 35.0 Å². The summed E-state index contributed by atoms with van der Waals surface area (Å²) in [4.78, 5) is 25.0. The van der Waals surface area contributed by atoms with E-state index in [-0.39, 0.29) is 10.7 Å². The summed E-state index contributed by atoms with van der Waals surface area (Å²) in [5.41, 5.74) is 2.32. The van der Waals surface area contributed by atoms with Crippen LogP contribution >= 0.6 is 12.2 Å². The summed E-state index contributed by atoms with van der Waals surface area (Å²) in [5.74, 6) is 0.335. The highest BCUT2D eigenvalue weighted by Gasteiger charge is 2.17. The molecule has 0 saturated carbocycles. The van der Waals surface area contributed by atoms with Gasteiger partial charge in [0.05, 0.1) is 18.5 Å². The Hall–Kier alpha value is -3.65. The Morgan fingerprint density at radius 2 is 1.77 bits per heavy atom. The van der Waals surface area contributed by atoms with Crippen LogP contribution in [0.25, 0.3) is 11.8 Å². The largest absolute Gasteiger partial charge is 0.497 e. The van der Waals surface area contributed by atoms with Gasteiger partial charge in [0.25, 0.3) is 5.56 Å². The molecule has 0 spiro atoms. The summed E-state index contributed by atoms with van der Waals surface area (Å²) < 4.78 is 8.37. The number of benzene rings is 2. The zero-order valence-corrected chi connectivity index (χ0v) is 17.7. The summed E-state index contributed by atoms with van der Waals surface area (Å²) in [6.45, 7) is 1.80. The third-order valence-electron chi connectivity index (χ3n) is 4.57. The molecule has 0 bridgehead atoms. The monoisotopic (exact) mass is 422 g/mol. The first-order valence-corrected chi connectivity index (χ1v) is 9.59. The lowest BCUT2D eigenvalue weighted by Crippen LogP contribution is -2.34. The summed E-state index contributed by atoms with van der Waals surface area (Å²) in [6, 6.07) is 16.6. The Balaban J connectivity index is 1.69. The SMILES string of the molecule is COc1ccc(/C=C/C(=O)NC(=S)Nc2c(C)n(C)n(-c3ccccc3)c2=O)cc1. The number of hydrogen-bond acceptors (Lipinski definition) is 4. The Morgan fingerprint density at radius 3 is 2.40 bits per heavy atom. The van der Waals surface area contributed by atoms with E-state index in [4.69, 9.17) is 17.0 Å². The third kappa shape index (κ3) is 4.66. The maximum atomic E-state index is 12.9. The molecule has 8 heteroatoms. The highest BCUT2D eigenvalue weighted by Crippen LogP contribution is 2.14. The Morgan fingerprint density at radius 1 is 1.10 bits per heavy atom. The lowest BCUT2D eigenvalue weighted by molar-refractivity contribution is -0.115. The van der Waals surface area contributed by atoms with Crippen molar-refractivity contribution in [2.24, 2.45) is 7.05 Å². The van der Waals surface area contributed by atoms with Crippen molar-refractivity contribution in [1.29, 1.82) is 0 Å². The predicted octanol–water partition coefficient (Wildman–Crippen LogP) is 3.02. The number of carbonyl (C=O) groups is 1. The first-order chi connectivity index (χ1) is 14.4. The van der Waals surface area contributed by atoms with Crippen molar-refractivity contribution in [2.75, 3.05) is 12.4 Å². The van der Waals surface area contributed by atoms with Gasteiger partial charge in [0.15, 0.2) is 5.11 Å². The van der Waals surface area contributed by atoms with E-state index in [0.717, 1.165) is 17.0 Å². The van der Waals surface area contributed by atoms with Crippen LogP contribution in [-0.2, 0) is 11.8 Å². The number of nitrogens with one attached hydrogen (secondary N) is 2. The van der Waals surface area contributed by atoms with Crippen LogP contribution in [0.2, 0.25) is 0 Å². The minimum absolute atomic E-state index is 0.0467. The van der Waals surface area contributed by atoms with E-state index in [2.05, 4.69) is 10.6 Å². The van der Waals surface area contributed by atoms with Gasteiger partial charge in [-0.3, -0.25) is 19.6 Å². The van der Waals surface area contributed by atoms with Crippen LogP contribution < -0.4 is 20.9 Å². The van der Waals surface area contributed by atoms with Gasteiger partial charge in [-0.1, -0.05) is 30.3 Å². The topological polar surface area (TPSA) is 77.3 Å². The summed E-state index contributed by atoms with van der Waals surface area (Å²) in [5, 5.41) is 5.45. The minimum Gasteiger partial charge on any atom is -0.497 e. The number of nitrogens with zero attached hydrogens (tertiary/aromatic N) is 2. The molecule has 0 aliphatic carbocycles. The average Bonchev–Trinajstić information content (AvgIpc) is 2.96. The van der Waals surface area contributed by atoms with Gasteiger partial charge >= 0.3 is 0 Å². The normalized spacial score (nSPS) is 10.8. The predicted molar refractivity (Wildman–Crippen MR) is 122 cm³/mol. The van der Waals surface area contributed by atoms with Crippen LogP contribution in [0.3, 0.4) is 0 Å². The highest BCUT2D eigenvalue weighted by molar-refractivity contribution is 7.80. The minimum atomic E-state index is -0.403. The van der Waals surface area contributed by atoms with Crippen LogP contribution in [0.4, 0.5) is 5.69 Å². The molecule has 1 amide bonds. The maximum Gasteiger partial charge on any atom is 0.295 e. The molecule has 0 fully saturated rings. The number of carbonyl (C=O) groups excluding carboxylic acids is 1. The van der Waals surface area contributed by atoms with Crippen LogP contribution in [0, 0.1) is 6.92 Å². The van der Waals surface area contributed by atoms with Crippen LogP contribution in [0.5, 0.6) is 5.75 Å². The molecule has 7 nitrogen and oxygen atoms in total. The molecule has 3 aromatic rings. The van der Waals surface area contributed by atoms with E-state index >= 15 is 0 Å². The molecule has 30 heavy (non-hydrogen) atoms. The molecule has 0 unspecified atom stereocenters. The van der Waals surface area contributed by atoms with Crippen molar-refractivity contribution in [3.05, 3.63) is 82.3 Å². The fraction of sp³-hybridized carbons (Fsp3) is 0.136. The number of thiocarbonyl (C=S) groups is 1. The van der Waals surface area contributed by atoms with E-state index < -0.39 is 5.91 Å². The number of aromatic nitrogens is 2. The molecule has 1 heterocycles. The third-order valence-corrected chi connectivity index (χ3v) is 4.78. The van der Waals surface area contributed by atoms with Gasteiger partial charge in [-0.05, 0) is 55.0 Å². The molecular weight excluding hydrogens is 400 g/mol. The van der Waals surface area contributed by atoms with Gasteiger partial charge in [-0.15, -0.1) is 0 Å². The second kappa shape index (κ2) is 9.23. The van der Waals surface area contributed by atoms with Crippen LogP contribution in [-0.4, -0.2) is 27.5 Å². The highest BCUT2D eigenvalue weighted by atomic mass is 32.1. The molecule has 0 radical (unpaired) electrons. The Bertz CT molecular complexity index is 1150. The molecule has 0 aliphatic rings. The van der Waals surface area contributed by atoms with E-state index in [1.54, 1.807) is 44.0 Å². The summed E-state index contributed by atoms with van der Waals surface area (Å²) >= 11 is 5.21. The summed E-state index contributed by atoms with van der Waals surface area (Å²) in [6.07, 6.45) is 3.03. The standard InChI is InChI=1S/C22H22N4O3S/c1-15-20(21(28)26(25(15)2)17-7-5-4-6-8-17)24-22(30)23-19(27)14-11-16-9-12-18(29-3)13-10-16/h4-14H,1-3H3,(H2,23,24,27,30)/b14-11+. The van der Waals surface area contributed by atoms with Crippen molar-refractivity contribution in [3.63, 3.8) is 0 Å². The molecule has 1 aromatic heterocycles. The van der Waals surface area contributed by atoms with E-state index in [1.807, 2.05) is 42.5 Å². The molecule has 2 N–H and O–H groups in total. The van der Waals surface area contributed by atoms with E-state index in [0.29, 0.717) is 11.4 Å². The smallest absolute Gasteiger partial charge is 0.295 e. The summed E-state index contributed by atoms with van der Waals surface area (Å²) in [7, 11) is 3.38. The lowest BCUT2D eigenvalue weighted by Gasteiger charge is -2.07. The maximum absolute atomic E-state index is 12.9. The fourth-order valence-corrected chi connectivity index (χ4v) is 3.10. The second-order valence-corrected chi connectivity index (χ2v) is 6.89. The first-order valence-electron chi connectivity index (χ1n) is 9.19. The molecule has 0 aliphatic heterocycles. The zero-order valence-electron chi connectivity index (χ0n) is 16.9. The van der Waals surface area contributed by atoms with Crippen LogP contribution in [0.15, 0.2) is 65.5 Å². The van der Waals surface area contributed by atoms with Crippen LogP contribution in [0.1, 0.15) is 11.3 Å². The number of ether oxygens (including phenoxy) is 1. The molecule has 2 aromatic carbocycles. The van der Waals surface area contributed by atoms with Gasteiger partial charge in [0.1, 0.15) is 11.4 Å². The average molecular weight is 423 g/mol. The van der Waals surface area contributed by atoms with Crippen molar-refractivity contribution in [1.82, 2.24) is 14.7 Å². The number of methoxy groups -OCH3 is 1.